The van der Waals surface area contributed by atoms with Gasteiger partial charge in [0.15, 0.2) is 11.5 Å². The molecule has 2 aromatic rings. The molecule has 0 aromatic heterocycles. The average Bonchev–Trinajstić information content (AvgIpc) is 2.81. The van der Waals surface area contributed by atoms with E-state index in [0.29, 0.717) is 43.2 Å². The fourth-order valence-corrected chi connectivity index (χ4v) is 3.39. The van der Waals surface area contributed by atoms with Crippen LogP contribution in [0.3, 0.4) is 0 Å². The summed E-state index contributed by atoms with van der Waals surface area (Å²) in [7, 11) is 1.52. The summed E-state index contributed by atoms with van der Waals surface area (Å²) in [5.41, 5.74) is 0.660. The first-order chi connectivity index (χ1) is 16.2. The van der Waals surface area contributed by atoms with Gasteiger partial charge in [0.05, 0.1) is 7.11 Å². The molecule has 3 rings (SSSR count). The largest absolute Gasteiger partial charge is 0.493 e. The highest BCUT2D eigenvalue weighted by molar-refractivity contribution is 5.92. The van der Waals surface area contributed by atoms with Crippen LogP contribution in [-0.4, -0.2) is 60.7 Å². The maximum atomic E-state index is 13.8. The number of carbonyl (C=O) groups excluding carboxylic acids is 2. The summed E-state index contributed by atoms with van der Waals surface area (Å²) in [6.45, 7) is 7.28. The highest BCUT2D eigenvalue weighted by Crippen LogP contribution is 2.29. The number of amides is 2. The van der Waals surface area contributed by atoms with Crippen LogP contribution >= 0.6 is 0 Å². The second-order valence-electron chi connectivity index (χ2n) is 8.92. The minimum Gasteiger partial charge on any atom is -0.493 e. The molecule has 0 spiro atoms. The van der Waals surface area contributed by atoms with Crippen molar-refractivity contribution in [1.82, 2.24) is 9.80 Å². The predicted molar refractivity (Wildman–Crippen MR) is 127 cm³/mol. The molecule has 0 atom stereocenters. The smallest absolute Gasteiger partial charge is 0.410 e. The fourth-order valence-electron chi connectivity index (χ4n) is 3.39. The molecule has 7 nitrogen and oxygen atoms in total. The molecule has 0 N–H and O–H groups in total. The molecule has 34 heavy (non-hydrogen) atoms. The van der Waals surface area contributed by atoms with E-state index in [4.69, 9.17) is 14.2 Å². The molecule has 0 radical (unpaired) electrons. The Balaban J connectivity index is 1.55. The topological polar surface area (TPSA) is 68.3 Å². The Morgan fingerprint density at radius 3 is 2.32 bits per heavy atom. The summed E-state index contributed by atoms with van der Waals surface area (Å²) < 4.78 is 30.3. The van der Waals surface area contributed by atoms with Crippen LogP contribution in [0.15, 0.2) is 48.5 Å². The van der Waals surface area contributed by atoms with Crippen LogP contribution in [0.5, 0.6) is 11.5 Å². The first-order valence-electron chi connectivity index (χ1n) is 11.2. The molecule has 0 saturated carbocycles. The first kappa shape index (κ1) is 25.1. The van der Waals surface area contributed by atoms with Crippen LogP contribution < -0.4 is 9.47 Å². The number of carbonyl (C=O) groups is 2. The zero-order valence-electron chi connectivity index (χ0n) is 20.0. The van der Waals surface area contributed by atoms with E-state index in [1.807, 2.05) is 20.8 Å². The molecule has 8 heteroatoms. The number of ether oxygens (including phenoxy) is 3. The van der Waals surface area contributed by atoms with Crippen LogP contribution in [0.2, 0.25) is 0 Å². The number of hydrogen-bond donors (Lipinski definition) is 0. The van der Waals surface area contributed by atoms with Crippen LogP contribution in [0.4, 0.5) is 9.18 Å². The first-order valence-corrected chi connectivity index (χ1v) is 11.2. The van der Waals surface area contributed by atoms with Gasteiger partial charge in [-0.15, -0.1) is 0 Å². The minimum absolute atomic E-state index is 0.0754. The van der Waals surface area contributed by atoms with Gasteiger partial charge in [0.1, 0.15) is 18.0 Å². The molecule has 0 bridgehead atoms. The Kier molecular flexibility index (Phi) is 8.15. The quantitative estimate of drug-likeness (QED) is 0.582. The van der Waals surface area contributed by atoms with Gasteiger partial charge in [-0.25, -0.2) is 9.18 Å². The number of methoxy groups -OCH3 is 1. The van der Waals surface area contributed by atoms with E-state index < -0.39 is 5.60 Å². The van der Waals surface area contributed by atoms with Crippen molar-refractivity contribution in [2.45, 2.75) is 33.0 Å². The summed E-state index contributed by atoms with van der Waals surface area (Å²) in [4.78, 5) is 28.1. The molecular weight excluding hydrogens is 439 g/mol. The molecular formula is C26H31FN2O5. The van der Waals surface area contributed by atoms with E-state index in [1.54, 1.807) is 52.3 Å². The molecule has 1 fully saturated rings. The van der Waals surface area contributed by atoms with E-state index in [-0.39, 0.29) is 24.4 Å². The summed E-state index contributed by atoms with van der Waals surface area (Å²) >= 11 is 0. The minimum atomic E-state index is -0.549. The van der Waals surface area contributed by atoms with Gasteiger partial charge in [0, 0.05) is 37.8 Å². The SMILES string of the molecule is COc1cc(/C=C/C(=O)N2CCN(C(=O)OC(C)(C)C)CC2)ccc1OCc1ccccc1F. The second-order valence-corrected chi connectivity index (χ2v) is 8.92. The number of benzene rings is 2. The van der Waals surface area contributed by atoms with Crippen molar-refractivity contribution in [3.05, 3.63) is 65.5 Å². The van der Waals surface area contributed by atoms with Crippen LogP contribution in [-0.2, 0) is 16.1 Å². The monoisotopic (exact) mass is 470 g/mol. The normalized spacial score (nSPS) is 14.3. The third kappa shape index (κ3) is 6.97. The van der Waals surface area contributed by atoms with E-state index >= 15 is 0 Å². The van der Waals surface area contributed by atoms with Crippen molar-refractivity contribution in [2.24, 2.45) is 0 Å². The van der Waals surface area contributed by atoms with Gasteiger partial charge >= 0.3 is 6.09 Å². The maximum Gasteiger partial charge on any atom is 0.410 e. The lowest BCUT2D eigenvalue weighted by Gasteiger charge is -2.35. The highest BCUT2D eigenvalue weighted by Gasteiger charge is 2.27. The van der Waals surface area contributed by atoms with Gasteiger partial charge in [-0.3, -0.25) is 4.79 Å². The zero-order valence-corrected chi connectivity index (χ0v) is 20.0. The standard InChI is InChI=1S/C26H31FN2O5/c1-26(2,3)34-25(31)29-15-13-28(14-16-29)24(30)12-10-19-9-11-22(23(17-19)32-4)33-18-20-7-5-6-8-21(20)27/h5-12,17H,13-16,18H2,1-4H3/b12-10+. The van der Waals surface area contributed by atoms with Gasteiger partial charge in [0.25, 0.3) is 0 Å². The molecule has 1 aliphatic heterocycles. The Hall–Kier alpha value is -3.55. The number of halogens is 1. The second kappa shape index (κ2) is 11.0. The van der Waals surface area contributed by atoms with Gasteiger partial charge in [-0.2, -0.15) is 0 Å². The third-order valence-electron chi connectivity index (χ3n) is 5.19. The highest BCUT2D eigenvalue weighted by atomic mass is 19.1. The Morgan fingerprint density at radius 1 is 1.00 bits per heavy atom. The predicted octanol–water partition coefficient (Wildman–Crippen LogP) is 4.51. The number of piperazine rings is 1. The number of rotatable bonds is 6. The fraction of sp³-hybridized carbons (Fsp3) is 0.385. The lowest BCUT2D eigenvalue weighted by molar-refractivity contribution is -0.127. The molecule has 1 saturated heterocycles. The number of nitrogens with zero attached hydrogens (tertiary/aromatic N) is 2. The van der Waals surface area contributed by atoms with Crippen molar-refractivity contribution >= 4 is 18.1 Å². The molecule has 182 valence electrons. The lowest BCUT2D eigenvalue weighted by Crippen LogP contribution is -2.51. The van der Waals surface area contributed by atoms with Crippen molar-refractivity contribution in [3.8, 4) is 11.5 Å². The molecule has 1 aliphatic rings. The van der Waals surface area contributed by atoms with Crippen LogP contribution in [0.1, 0.15) is 31.9 Å². The Labute approximate surface area is 199 Å². The average molecular weight is 471 g/mol. The third-order valence-corrected chi connectivity index (χ3v) is 5.19. The molecule has 0 unspecified atom stereocenters. The van der Waals surface area contributed by atoms with Gasteiger partial charge < -0.3 is 24.0 Å². The molecule has 2 aromatic carbocycles. The van der Waals surface area contributed by atoms with E-state index in [2.05, 4.69) is 0 Å². The summed E-state index contributed by atoms with van der Waals surface area (Å²) in [5.74, 6) is 0.499. The van der Waals surface area contributed by atoms with Gasteiger partial charge in [-0.05, 0) is 50.6 Å². The zero-order chi connectivity index (χ0) is 24.7. The summed E-state index contributed by atoms with van der Waals surface area (Å²) in [6, 6.07) is 11.7. The summed E-state index contributed by atoms with van der Waals surface area (Å²) in [6.07, 6.45) is 2.84. The van der Waals surface area contributed by atoms with Gasteiger partial charge in [-0.1, -0.05) is 24.3 Å². The maximum absolute atomic E-state index is 13.8. The van der Waals surface area contributed by atoms with E-state index in [1.165, 1.54) is 19.3 Å². The Bertz CT molecular complexity index is 1040. The van der Waals surface area contributed by atoms with Crippen LogP contribution in [0, 0.1) is 5.82 Å². The van der Waals surface area contributed by atoms with E-state index in [9.17, 15) is 14.0 Å². The number of hydrogen-bond acceptors (Lipinski definition) is 5. The van der Waals surface area contributed by atoms with Crippen molar-refractivity contribution in [3.63, 3.8) is 0 Å². The van der Waals surface area contributed by atoms with E-state index in [0.717, 1.165) is 5.56 Å². The summed E-state index contributed by atoms with van der Waals surface area (Å²) in [5, 5.41) is 0. The van der Waals surface area contributed by atoms with Crippen LogP contribution in [0.25, 0.3) is 6.08 Å². The molecule has 1 heterocycles. The molecule has 2 amide bonds. The Morgan fingerprint density at radius 2 is 1.68 bits per heavy atom. The van der Waals surface area contributed by atoms with Crippen molar-refractivity contribution < 1.29 is 28.2 Å². The van der Waals surface area contributed by atoms with Gasteiger partial charge in [0.2, 0.25) is 5.91 Å². The van der Waals surface area contributed by atoms with Crippen molar-refractivity contribution in [2.75, 3.05) is 33.3 Å². The van der Waals surface area contributed by atoms with Crippen molar-refractivity contribution in [1.29, 1.82) is 0 Å². The molecule has 0 aliphatic carbocycles. The lowest BCUT2D eigenvalue weighted by atomic mass is 10.1.